The highest BCUT2D eigenvalue weighted by atomic mass is 16.7. The van der Waals surface area contributed by atoms with Gasteiger partial charge in [0.2, 0.25) is 0 Å². The molecule has 210 valence electrons. The van der Waals surface area contributed by atoms with Gasteiger partial charge in [0.15, 0.2) is 6.29 Å². The van der Waals surface area contributed by atoms with Crippen molar-refractivity contribution < 1.29 is 18.9 Å². The van der Waals surface area contributed by atoms with Crippen LogP contribution in [0.4, 0.5) is 0 Å². The third-order valence-corrected chi connectivity index (χ3v) is 8.30. The molecule has 2 aliphatic rings. The first-order valence-electron chi connectivity index (χ1n) is 14.7. The molecule has 0 spiro atoms. The quantitative estimate of drug-likeness (QED) is 0.162. The number of hydrogen-bond acceptors (Lipinski definition) is 4. The van der Waals surface area contributed by atoms with Gasteiger partial charge in [-0.25, -0.2) is 0 Å². The van der Waals surface area contributed by atoms with Crippen LogP contribution < -0.4 is 9.47 Å². The molecule has 0 saturated carbocycles. The fourth-order valence-electron chi connectivity index (χ4n) is 6.16. The maximum atomic E-state index is 6.19. The molecule has 40 heavy (non-hydrogen) atoms. The van der Waals surface area contributed by atoms with E-state index >= 15 is 0 Å². The molecule has 2 aliphatic carbocycles. The molecule has 0 amide bonds. The Balaban J connectivity index is 1.29. The number of fused-ring (bicyclic) bond motifs is 1. The van der Waals surface area contributed by atoms with Crippen LogP contribution in [-0.2, 0) is 22.5 Å². The summed E-state index contributed by atoms with van der Waals surface area (Å²) < 4.78 is 22.8. The lowest BCUT2D eigenvalue weighted by Crippen LogP contribution is -2.28. The van der Waals surface area contributed by atoms with E-state index in [1.165, 1.54) is 28.7 Å². The van der Waals surface area contributed by atoms with Crippen LogP contribution in [-0.4, -0.2) is 27.1 Å². The van der Waals surface area contributed by atoms with E-state index in [2.05, 4.69) is 91.0 Å². The summed E-state index contributed by atoms with van der Waals surface area (Å²) in [5.74, 6) is 3.34. The van der Waals surface area contributed by atoms with Crippen molar-refractivity contribution in [1.82, 2.24) is 0 Å². The third kappa shape index (κ3) is 7.24. The first-order chi connectivity index (χ1) is 19.7. The fraction of sp³-hybridized carbons (Fsp3) is 0.389. The summed E-state index contributed by atoms with van der Waals surface area (Å²) >= 11 is 0. The molecule has 3 aromatic rings. The average molecular weight is 539 g/mol. The van der Waals surface area contributed by atoms with Gasteiger partial charge in [0.25, 0.3) is 0 Å². The Morgan fingerprint density at radius 3 is 2.38 bits per heavy atom. The topological polar surface area (TPSA) is 36.9 Å². The third-order valence-electron chi connectivity index (χ3n) is 8.30. The first kappa shape index (κ1) is 28.2. The van der Waals surface area contributed by atoms with E-state index in [9.17, 15) is 0 Å². The summed E-state index contributed by atoms with van der Waals surface area (Å²) in [5, 5.41) is 0. The number of benzene rings is 3. The predicted octanol–water partition coefficient (Wildman–Crippen LogP) is 8.26. The van der Waals surface area contributed by atoms with E-state index in [4.69, 9.17) is 18.9 Å². The van der Waals surface area contributed by atoms with E-state index < -0.39 is 0 Å². The normalized spacial score (nSPS) is 19.9. The largest absolute Gasteiger partial charge is 0.494 e. The van der Waals surface area contributed by atoms with Gasteiger partial charge in [0, 0.05) is 20.1 Å². The lowest BCUT2D eigenvalue weighted by atomic mass is 9.66. The molecule has 0 heterocycles. The highest BCUT2D eigenvalue weighted by molar-refractivity contribution is 5.46. The number of rotatable bonds is 13. The maximum Gasteiger partial charge on any atom is 0.156 e. The maximum absolute atomic E-state index is 6.19. The second kappa shape index (κ2) is 14.3. The Morgan fingerprint density at radius 1 is 0.825 bits per heavy atom. The summed E-state index contributed by atoms with van der Waals surface area (Å²) in [6.45, 7) is 1.28. The number of allylic oxidation sites excluding steroid dienone is 4. The summed E-state index contributed by atoms with van der Waals surface area (Å²) in [5.41, 5.74) is 5.40. The molecule has 0 aliphatic heterocycles. The van der Waals surface area contributed by atoms with Crippen LogP contribution in [0.2, 0.25) is 0 Å². The standard InChI is InChI=1S/C36H42O4/c1-37-35(38-2)15-9-10-24-39-31-19-16-29(17-20-31)36-33(28-13-7-4-8-14-28)22-18-30-25-32(21-23-34(30)36)40-26-27-11-5-3-6-12-27/h3-8,11-13,16-17,19-21,23,25,28,33,35-36H,9-10,14-15,18,22,24,26H2,1-2H3/t28?,33-,36+/m1/s1. The van der Waals surface area contributed by atoms with E-state index in [0.717, 1.165) is 43.6 Å². The van der Waals surface area contributed by atoms with Crippen LogP contribution >= 0.6 is 0 Å². The molecule has 0 fully saturated rings. The summed E-state index contributed by atoms with van der Waals surface area (Å²) in [4.78, 5) is 0. The molecule has 0 saturated heterocycles. The Bertz CT molecular complexity index is 1240. The second-order valence-corrected chi connectivity index (χ2v) is 10.8. The molecule has 5 rings (SSSR count). The molecular formula is C36H42O4. The number of methoxy groups -OCH3 is 2. The lowest BCUT2D eigenvalue weighted by Gasteiger charge is -2.38. The molecular weight excluding hydrogens is 496 g/mol. The number of unbranched alkanes of at least 4 members (excludes halogenated alkanes) is 1. The molecule has 1 unspecified atom stereocenters. The van der Waals surface area contributed by atoms with Crippen molar-refractivity contribution in [2.45, 2.75) is 57.3 Å². The molecule has 4 heteroatoms. The SMILES string of the molecule is COC(CCCCOc1ccc([C@@H]2c3ccc(OCc4ccccc4)cc3CC[C@@H]2C2C=CC=CC2)cc1)OC. The zero-order chi connectivity index (χ0) is 27.6. The Morgan fingerprint density at radius 2 is 1.62 bits per heavy atom. The molecule has 3 atom stereocenters. The minimum absolute atomic E-state index is 0.133. The number of ether oxygens (including phenoxy) is 4. The smallest absolute Gasteiger partial charge is 0.156 e. The van der Waals surface area contributed by atoms with Crippen LogP contribution in [0.3, 0.4) is 0 Å². The molecule has 0 N–H and O–H groups in total. The van der Waals surface area contributed by atoms with Gasteiger partial charge in [-0.15, -0.1) is 0 Å². The van der Waals surface area contributed by atoms with Gasteiger partial charge in [0.05, 0.1) is 6.61 Å². The molecule has 0 aromatic heterocycles. The van der Waals surface area contributed by atoms with Gasteiger partial charge in [-0.05, 0) is 96.9 Å². The molecule has 4 nitrogen and oxygen atoms in total. The first-order valence-corrected chi connectivity index (χ1v) is 14.7. The van der Waals surface area contributed by atoms with Crippen LogP contribution in [0.25, 0.3) is 0 Å². The van der Waals surface area contributed by atoms with Crippen molar-refractivity contribution in [2.75, 3.05) is 20.8 Å². The molecule has 0 bridgehead atoms. The van der Waals surface area contributed by atoms with E-state index in [0.29, 0.717) is 31.0 Å². The van der Waals surface area contributed by atoms with E-state index in [1.807, 2.05) is 6.07 Å². The summed E-state index contributed by atoms with van der Waals surface area (Å²) in [6, 6.07) is 25.9. The van der Waals surface area contributed by atoms with Gasteiger partial charge in [0.1, 0.15) is 18.1 Å². The lowest BCUT2D eigenvalue weighted by molar-refractivity contribution is -0.107. The minimum atomic E-state index is -0.133. The van der Waals surface area contributed by atoms with Crippen LogP contribution in [0.5, 0.6) is 11.5 Å². The summed E-state index contributed by atoms with van der Waals surface area (Å²) in [7, 11) is 3.36. The van der Waals surface area contributed by atoms with Crippen molar-refractivity contribution in [3.63, 3.8) is 0 Å². The fourth-order valence-corrected chi connectivity index (χ4v) is 6.16. The van der Waals surface area contributed by atoms with E-state index in [1.54, 1.807) is 14.2 Å². The highest BCUT2D eigenvalue weighted by Gasteiger charge is 2.35. The van der Waals surface area contributed by atoms with Gasteiger partial charge < -0.3 is 18.9 Å². The van der Waals surface area contributed by atoms with Crippen LogP contribution in [0, 0.1) is 11.8 Å². The van der Waals surface area contributed by atoms with Crippen molar-refractivity contribution in [2.24, 2.45) is 11.8 Å². The number of aryl methyl sites for hydroxylation is 1. The van der Waals surface area contributed by atoms with Crippen molar-refractivity contribution in [3.8, 4) is 11.5 Å². The average Bonchev–Trinajstić information content (AvgIpc) is 3.02. The van der Waals surface area contributed by atoms with Crippen molar-refractivity contribution in [3.05, 3.63) is 119 Å². The number of hydrogen-bond donors (Lipinski definition) is 0. The minimum Gasteiger partial charge on any atom is -0.494 e. The van der Waals surface area contributed by atoms with Crippen molar-refractivity contribution in [1.29, 1.82) is 0 Å². The zero-order valence-electron chi connectivity index (χ0n) is 23.8. The Kier molecular flexibility index (Phi) is 10.1. The molecule has 0 radical (unpaired) electrons. The predicted molar refractivity (Wildman–Crippen MR) is 161 cm³/mol. The second-order valence-electron chi connectivity index (χ2n) is 10.8. The van der Waals surface area contributed by atoms with Crippen LogP contribution in [0.15, 0.2) is 97.1 Å². The van der Waals surface area contributed by atoms with Crippen molar-refractivity contribution >= 4 is 0 Å². The monoisotopic (exact) mass is 538 g/mol. The Labute approximate surface area is 239 Å². The van der Waals surface area contributed by atoms with Gasteiger partial charge in [-0.1, -0.05) is 72.8 Å². The molecule has 3 aromatic carbocycles. The zero-order valence-corrected chi connectivity index (χ0v) is 23.8. The summed E-state index contributed by atoms with van der Waals surface area (Å²) in [6.07, 6.45) is 15.2. The van der Waals surface area contributed by atoms with Crippen LogP contribution in [0.1, 0.15) is 60.3 Å². The van der Waals surface area contributed by atoms with E-state index in [-0.39, 0.29) is 6.29 Å². The highest BCUT2D eigenvalue weighted by Crippen LogP contribution is 2.47. The van der Waals surface area contributed by atoms with Gasteiger partial charge >= 0.3 is 0 Å². The van der Waals surface area contributed by atoms with Gasteiger partial charge in [-0.2, -0.15) is 0 Å². The Hall–Kier alpha value is -3.34. The van der Waals surface area contributed by atoms with Gasteiger partial charge in [-0.3, -0.25) is 0 Å².